The zero-order valence-electron chi connectivity index (χ0n) is 7.82. The van der Waals surface area contributed by atoms with E-state index < -0.39 is 0 Å². The molecule has 1 unspecified atom stereocenters. The standard InChI is InChI=1S/C9H13N4O/c14-9-4-8(11-6-12-9)13-7-2-1-3-10-5-7/h4,7,10H,1-3,5H2,(H2,11,12,13,14). The van der Waals surface area contributed by atoms with E-state index in [1.807, 2.05) is 0 Å². The predicted molar refractivity (Wildman–Crippen MR) is 52.0 cm³/mol. The molecule has 0 spiro atoms. The van der Waals surface area contributed by atoms with Crippen LogP contribution >= 0.6 is 0 Å². The molecule has 14 heavy (non-hydrogen) atoms. The lowest BCUT2D eigenvalue weighted by Gasteiger charge is -2.23. The largest absolute Gasteiger partial charge is 0.493 e. The van der Waals surface area contributed by atoms with Gasteiger partial charge in [-0.2, -0.15) is 4.98 Å². The molecule has 2 heterocycles. The van der Waals surface area contributed by atoms with Gasteiger partial charge in [-0.15, -0.1) is 0 Å². The number of aromatic nitrogens is 2. The molecule has 2 rings (SSSR count). The molecular formula is C9H13N4O. The van der Waals surface area contributed by atoms with Crippen LogP contribution in [0.15, 0.2) is 6.07 Å². The van der Waals surface area contributed by atoms with Gasteiger partial charge in [0, 0.05) is 18.7 Å². The first-order valence-corrected chi connectivity index (χ1v) is 4.76. The van der Waals surface area contributed by atoms with Gasteiger partial charge in [0.25, 0.3) is 0 Å². The molecule has 1 aliphatic rings. The maximum absolute atomic E-state index is 9.10. The van der Waals surface area contributed by atoms with Crippen molar-refractivity contribution in [2.45, 2.75) is 18.9 Å². The van der Waals surface area contributed by atoms with E-state index in [-0.39, 0.29) is 5.88 Å². The van der Waals surface area contributed by atoms with Crippen molar-refractivity contribution in [3.8, 4) is 5.88 Å². The Morgan fingerprint density at radius 2 is 2.50 bits per heavy atom. The van der Waals surface area contributed by atoms with E-state index in [0.29, 0.717) is 11.9 Å². The van der Waals surface area contributed by atoms with Gasteiger partial charge in [0.05, 0.1) is 0 Å². The minimum Gasteiger partial charge on any atom is -0.493 e. The summed E-state index contributed by atoms with van der Waals surface area (Å²) >= 11 is 0. The molecule has 1 aromatic rings. The molecule has 0 amide bonds. The minimum absolute atomic E-state index is 0.0498. The van der Waals surface area contributed by atoms with Gasteiger partial charge in [-0.05, 0) is 19.4 Å². The molecule has 3 N–H and O–H groups in total. The Balaban J connectivity index is 1.95. The number of nitrogens with zero attached hydrogens (tertiary/aromatic N) is 2. The predicted octanol–water partition coefficient (Wildman–Crippen LogP) is 0.146. The van der Waals surface area contributed by atoms with Crippen LogP contribution in [0.4, 0.5) is 5.82 Å². The van der Waals surface area contributed by atoms with E-state index >= 15 is 0 Å². The lowest BCUT2D eigenvalue weighted by Crippen LogP contribution is -2.38. The highest BCUT2D eigenvalue weighted by atomic mass is 16.3. The smallest absolute Gasteiger partial charge is 0.216 e. The maximum atomic E-state index is 9.10. The first-order chi connectivity index (χ1) is 6.84. The highest BCUT2D eigenvalue weighted by Gasteiger charge is 2.12. The van der Waals surface area contributed by atoms with Crippen molar-refractivity contribution < 1.29 is 5.11 Å². The van der Waals surface area contributed by atoms with Crippen molar-refractivity contribution in [1.82, 2.24) is 15.3 Å². The molecule has 1 radical (unpaired) electrons. The molecule has 1 atom stereocenters. The van der Waals surface area contributed by atoms with Gasteiger partial charge in [-0.25, -0.2) is 4.98 Å². The SMILES string of the molecule is Oc1cc(NC2CCCNC2)n[c]n1. The second-order valence-corrected chi connectivity index (χ2v) is 3.40. The van der Waals surface area contributed by atoms with Gasteiger partial charge in [0.2, 0.25) is 12.2 Å². The molecule has 1 aliphatic heterocycles. The van der Waals surface area contributed by atoms with E-state index in [0.717, 1.165) is 19.5 Å². The third kappa shape index (κ3) is 2.32. The number of aromatic hydroxyl groups is 1. The summed E-state index contributed by atoms with van der Waals surface area (Å²) in [6.45, 7) is 2.02. The molecule has 0 aromatic carbocycles. The van der Waals surface area contributed by atoms with Crippen LogP contribution in [0.2, 0.25) is 0 Å². The molecule has 1 saturated heterocycles. The molecule has 1 aromatic heterocycles. The normalized spacial score (nSPS) is 21.9. The van der Waals surface area contributed by atoms with Gasteiger partial charge in [0.1, 0.15) is 5.82 Å². The van der Waals surface area contributed by atoms with Crippen LogP contribution in [0.3, 0.4) is 0 Å². The van der Waals surface area contributed by atoms with Crippen molar-refractivity contribution in [2.75, 3.05) is 18.4 Å². The van der Waals surface area contributed by atoms with Crippen molar-refractivity contribution >= 4 is 5.82 Å². The first kappa shape index (κ1) is 9.21. The van der Waals surface area contributed by atoms with Gasteiger partial charge >= 0.3 is 0 Å². The highest BCUT2D eigenvalue weighted by Crippen LogP contribution is 2.12. The van der Waals surface area contributed by atoms with Crippen molar-refractivity contribution in [1.29, 1.82) is 0 Å². The fourth-order valence-corrected chi connectivity index (χ4v) is 1.58. The topological polar surface area (TPSA) is 70.1 Å². The number of anilines is 1. The lowest BCUT2D eigenvalue weighted by atomic mass is 10.1. The Labute approximate surface area is 82.6 Å². The summed E-state index contributed by atoms with van der Waals surface area (Å²) in [5.41, 5.74) is 0. The van der Waals surface area contributed by atoms with E-state index in [2.05, 4.69) is 26.9 Å². The molecule has 5 heteroatoms. The van der Waals surface area contributed by atoms with E-state index in [9.17, 15) is 0 Å². The number of rotatable bonds is 2. The minimum atomic E-state index is -0.0498. The first-order valence-electron chi connectivity index (χ1n) is 4.76. The van der Waals surface area contributed by atoms with Crippen molar-refractivity contribution in [3.05, 3.63) is 12.4 Å². The average Bonchev–Trinajstić information content (AvgIpc) is 2.19. The lowest BCUT2D eigenvalue weighted by molar-refractivity contribution is 0.450. The number of piperidine rings is 1. The molecule has 0 bridgehead atoms. The third-order valence-electron chi connectivity index (χ3n) is 2.25. The second-order valence-electron chi connectivity index (χ2n) is 3.40. The maximum Gasteiger partial charge on any atom is 0.216 e. The summed E-state index contributed by atoms with van der Waals surface area (Å²) in [5.74, 6) is 0.581. The Hall–Kier alpha value is -1.36. The Morgan fingerprint density at radius 1 is 1.57 bits per heavy atom. The summed E-state index contributed by atoms with van der Waals surface area (Å²) in [4.78, 5) is 7.40. The van der Waals surface area contributed by atoms with Crippen molar-refractivity contribution in [2.24, 2.45) is 0 Å². The molecular weight excluding hydrogens is 180 g/mol. The third-order valence-corrected chi connectivity index (χ3v) is 2.25. The Morgan fingerprint density at radius 3 is 3.21 bits per heavy atom. The fourth-order valence-electron chi connectivity index (χ4n) is 1.58. The van der Waals surface area contributed by atoms with Crippen LogP contribution in [0.5, 0.6) is 5.88 Å². The Bertz CT molecular complexity index is 299. The molecule has 0 saturated carbocycles. The molecule has 75 valence electrons. The Kier molecular flexibility index (Phi) is 2.78. The van der Waals surface area contributed by atoms with Crippen LogP contribution in [0.1, 0.15) is 12.8 Å². The quantitative estimate of drug-likeness (QED) is 0.623. The summed E-state index contributed by atoms with van der Waals surface area (Å²) < 4.78 is 0. The van der Waals surface area contributed by atoms with E-state index in [1.54, 1.807) is 0 Å². The average molecular weight is 193 g/mol. The molecule has 0 aliphatic carbocycles. The monoisotopic (exact) mass is 193 g/mol. The van der Waals surface area contributed by atoms with Crippen LogP contribution in [0.25, 0.3) is 0 Å². The van der Waals surface area contributed by atoms with Crippen LogP contribution < -0.4 is 10.6 Å². The van der Waals surface area contributed by atoms with Gasteiger partial charge in [-0.1, -0.05) is 0 Å². The highest BCUT2D eigenvalue weighted by molar-refractivity contribution is 5.37. The molecule has 5 nitrogen and oxygen atoms in total. The molecule has 1 fully saturated rings. The second kappa shape index (κ2) is 4.23. The summed E-state index contributed by atoms with van der Waals surface area (Å²) in [6, 6.07) is 1.89. The zero-order valence-corrected chi connectivity index (χ0v) is 7.82. The van der Waals surface area contributed by atoms with E-state index in [4.69, 9.17) is 5.11 Å². The van der Waals surface area contributed by atoms with Crippen LogP contribution in [-0.2, 0) is 0 Å². The fraction of sp³-hybridized carbons (Fsp3) is 0.556. The number of hydrogen-bond acceptors (Lipinski definition) is 5. The number of nitrogens with one attached hydrogen (secondary N) is 2. The van der Waals surface area contributed by atoms with Crippen LogP contribution in [0, 0.1) is 6.33 Å². The van der Waals surface area contributed by atoms with Gasteiger partial charge in [0.15, 0.2) is 0 Å². The van der Waals surface area contributed by atoms with Crippen LogP contribution in [-0.4, -0.2) is 34.2 Å². The number of hydrogen-bond donors (Lipinski definition) is 3. The summed E-state index contributed by atoms with van der Waals surface area (Å²) in [7, 11) is 0. The van der Waals surface area contributed by atoms with Gasteiger partial charge in [-0.3, -0.25) is 0 Å². The summed E-state index contributed by atoms with van der Waals surface area (Å²) in [6.07, 6.45) is 4.67. The zero-order chi connectivity index (χ0) is 9.80. The van der Waals surface area contributed by atoms with E-state index in [1.165, 1.54) is 12.5 Å². The summed E-state index contributed by atoms with van der Waals surface area (Å²) in [5, 5.41) is 15.6. The van der Waals surface area contributed by atoms with Gasteiger partial charge < -0.3 is 15.7 Å². The van der Waals surface area contributed by atoms with Crippen molar-refractivity contribution in [3.63, 3.8) is 0 Å².